The Morgan fingerprint density at radius 3 is 2.80 bits per heavy atom. The molecule has 0 N–H and O–H groups in total. The van der Waals surface area contributed by atoms with E-state index in [2.05, 4.69) is 34.6 Å². The molecule has 0 fully saturated rings. The molecule has 1 aromatic heterocycles. The SMILES string of the molecule is CC(Cl)c1nc2c(C#N)cccc2n1CCCN(C)C. The van der Waals surface area contributed by atoms with Crippen molar-refractivity contribution in [3.8, 4) is 6.07 Å². The van der Waals surface area contributed by atoms with Gasteiger partial charge in [-0.1, -0.05) is 6.07 Å². The number of hydrogen-bond donors (Lipinski definition) is 0. The average Bonchev–Trinajstić information content (AvgIpc) is 2.77. The number of para-hydroxylation sites is 1. The minimum Gasteiger partial charge on any atom is -0.327 e. The number of fused-ring (bicyclic) bond motifs is 1. The highest BCUT2D eigenvalue weighted by atomic mass is 35.5. The number of hydrogen-bond acceptors (Lipinski definition) is 3. The van der Waals surface area contributed by atoms with E-state index < -0.39 is 0 Å². The van der Waals surface area contributed by atoms with E-state index in [0.717, 1.165) is 36.4 Å². The Kier molecular flexibility index (Phi) is 4.64. The quantitative estimate of drug-likeness (QED) is 0.795. The summed E-state index contributed by atoms with van der Waals surface area (Å²) in [7, 11) is 4.12. The smallest absolute Gasteiger partial charge is 0.127 e. The Hall–Kier alpha value is -1.57. The summed E-state index contributed by atoms with van der Waals surface area (Å²) >= 11 is 6.24. The third-order valence-corrected chi connectivity index (χ3v) is 3.47. The molecule has 1 atom stereocenters. The van der Waals surface area contributed by atoms with E-state index in [1.807, 2.05) is 19.1 Å². The van der Waals surface area contributed by atoms with Crippen LogP contribution in [-0.4, -0.2) is 35.1 Å². The van der Waals surface area contributed by atoms with E-state index >= 15 is 0 Å². The van der Waals surface area contributed by atoms with Crippen molar-refractivity contribution in [2.24, 2.45) is 0 Å². The van der Waals surface area contributed by atoms with Gasteiger partial charge in [0.25, 0.3) is 0 Å². The van der Waals surface area contributed by atoms with E-state index in [1.165, 1.54) is 0 Å². The van der Waals surface area contributed by atoms with Gasteiger partial charge in [-0.05, 0) is 46.1 Å². The molecule has 0 bridgehead atoms. The van der Waals surface area contributed by atoms with E-state index in [1.54, 1.807) is 6.07 Å². The fourth-order valence-corrected chi connectivity index (χ4v) is 2.51. The number of nitrogens with zero attached hydrogens (tertiary/aromatic N) is 4. The van der Waals surface area contributed by atoms with Crippen LogP contribution in [0.5, 0.6) is 0 Å². The predicted molar refractivity (Wildman–Crippen MR) is 81.9 cm³/mol. The molecule has 1 heterocycles. The second kappa shape index (κ2) is 6.25. The van der Waals surface area contributed by atoms with Crippen LogP contribution in [0.25, 0.3) is 11.0 Å². The van der Waals surface area contributed by atoms with Crippen molar-refractivity contribution >= 4 is 22.6 Å². The van der Waals surface area contributed by atoms with Gasteiger partial charge in [-0.15, -0.1) is 11.6 Å². The number of nitriles is 1. The fraction of sp³-hybridized carbons (Fsp3) is 0.467. The van der Waals surface area contributed by atoms with Gasteiger partial charge < -0.3 is 9.47 Å². The van der Waals surface area contributed by atoms with Crippen LogP contribution < -0.4 is 0 Å². The van der Waals surface area contributed by atoms with Crippen LogP contribution in [0.4, 0.5) is 0 Å². The van der Waals surface area contributed by atoms with Gasteiger partial charge in [-0.2, -0.15) is 5.26 Å². The fourth-order valence-electron chi connectivity index (χ4n) is 2.34. The minimum absolute atomic E-state index is 0.173. The van der Waals surface area contributed by atoms with Crippen molar-refractivity contribution < 1.29 is 0 Å². The molecule has 1 aromatic carbocycles. The van der Waals surface area contributed by atoms with Crippen LogP contribution >= 0.6 is 11.6 Å². The molecule has 0 aliphatic heterocycles. The lowest BCUT2D eigenvalue weighted by atomic mass is 10.2. The lowest BCUT2D eigenvalue weighted by Gasteiger charge is -2.13. The van der Waals surface area contributed by atoms with Gasteiger partial charge in [-0.3, -0.25) is 0 Å². The zero-order chi connectivity index (χ0) is 14.7. The maximum Gasteiger partial charge on any atom is 0.127 e. The van der Waals surface area contributed by atoms with Crippen LogP contribution in [0.2, 0.25) is 0 Å². The molecule has 106 valence electrons. The van der Waals surface area contributed by atoms with E-state index in [9.17, 15) is 5.26 Å². The maximum atomic E-state index is 9.18. The Balaban J connectivity index is 2.44. The number of halogens is 1. The number of benzene rings is 1. The summed E-state index contributed by atoms with van der Waals surface area (Å²) < 4.78 is 2.14. The summed E-state index contributed by atoms with van der Waals surface area (Å²) in [4.78, 5) is 6.73. The van der Waals surface area contributed by atoms with Crippen molar-refractivity contribution in [1.29, 1.82) is 5.26 Å². The molecule has 0 radical (unpaired) electrons. The van der Waals surface area contributed by atoms with Crippen molar-refractivity contribution in [1.82, 2.24) is 14.5 Å². The third-order valence-electron chi connectivity index (χ3n) is 3.27. The summed E-state index contributed by atoms with van der Waals surface area (Å²) in [6.45, 7) is 3.78. The number of aromatic nitrogens is 2. The van der Waals surface area contributed by atoms with E-state index in [0.29, 0.717) is 5.56 Å². The zero-order valence-corrected chi connectivity index (χ0v) is 12.9. The lowest BCUT2D eigenvalue weighted by Crippen LogP contribution is -2.16. The second-order valence-electron chi connectivity index (χ2n) is 5.18. The van der Waals surface area contributed by atoms with E-state index in [4.69, 9.17) is 11.6 Å². The molecule has 4 nitrogen and oxygen atoms in total. The van der Waals surface area contributed by atoms with Gasteiger partial charge in [-0.25, -0.2) is 4.98 Å². The lowest BCUT2D eigenvalue weighted by molar-refractivity contribution is 0.386. The molecule has 2 rings (SSSR count). The summed E-state index contributed by atoms with van der Waals surface area (Å²) in [5, 5.41) is 9.01. The van der Waals surface area contributed by atoms with Crippen molar-refractivity contribution in [2.75, 3.05) is 20.6 Å². The normalized spacial score (nSPS) is 12.8. The minimum atomic E-state index is -0.173. The van der Waals surface area contributed by atoms with Crippen LogP contribution in [0.15, 0.2) is 18.2 Å². The number of aryl methyl sites for hydroxylation is 1. The molecule has 5 heteroatoms. The molecule has 0 spiro atoms. The van der Waals surface area contributed by atoms with Gasteiger partial charge in [0, 0.05) is 6.54 Å². The topological polar surface area (TPSA) is 44.9 Å². The maximum absolute atomic E-state index is 9.18. The Bertz CT molecular complexity index is 637. The Morgan fingerprint density at radius 2 is 2.20 bits per heavy atom. The molecular formula is C15H19ClN4. The highest BCUT2D eigenvalue weighted by Crippen LogP contribution is 2.26. The molecule has 0 amide bonds. The summed E-state index contributed by atoms with van der Waals surface area (Å²) in [6.07, 6.45) is 1.02. The molecule has 0 aliphatic rings. The molecule has 20 heavy (non-hydrogen) atoms. The standard InChI is InChI=1S/C15H19ClN4/c1-11(16)15-18-14-12(10-17)6-4-7-13(14)20(15)9-5-8-19(2)3/h4,6-7,11H,5,8-9H2,1-3H3. The zero-order valence-electron chi connectivity index (χ0n) is 12.1. The van der Waals surface area contributed by atoms with Crippen molar-refractivity contribution in [3.05, 3.63) is 29.6 Å². The first-order valence-corrected chi connectivity index (χ1v) is 7.16. The van der Waals surface area contributed by atoms with Crippen molar-refractivity contribution in [3.63, 3.8) is 0 Å². The Morgan fingerprint density at radius 1 is 1.45 bits per heavy atom. The van der Waals surface area contributed by atoms with Crippen molar-refractivity contribution in [2.45, 2.75) is 25.3 Å². The molecule has 0 saturated carbocycles. The van der Waals surface area contributed by atoms with Crippen LogP contribution in [-0.2, 0) is 6.54 Å². The van der Waals surface area contributed by atoms with Gasteiger partial charge in [0.15, 0.2) is 0 Å². The predicted octanol–water partition coefficient (Wildman–Crippen LogP) is 3.16. The van der Waals surface area contributed by atoms with Gasteiger partial charge >= 0.3 is 0 Å². The van der Waals surface area contributed by atoms with Gasteiger partial charge in [0.1, 0.15) is 17.4 Å². The molecule has 1 unspecified atom stereocenters. The van der Waals surface area contributed by atoms with Crippen LogP contribution in [0.3, 0.4) is 0 Å². The molecule has 0 saturated heterocycles. The van der Waals surface area contributed by atoms with Gasteiger partial charge in [0.2, 0.25) is 0 Å². The second-order valence-corrected chi connectivity index (χ2v) is 5.83. The largest absolute Gasteiger partial charge is 0.327 e. The highest BCUT2D eigenvalue weighted by molar-refractivity contribution is 6.20. The summed E-state index contributed by atoms with van der Waals surface area (Å²) in [5.41, 5.74) is 2.35. The summed E-state index contributed by atoms with van der Waals surface area (Å²) in [5.74, 6) is 0.836. The molecular weight excluding hydrogens is 272 g/mol. The highest BCUT2D eigenvalue weighted by Gasteiger charge is 2.16. The van der Waals surface area contributed by atoms with Crippen LogP contribution in [0, 0.1) is 11.3 Å². The number of alkyl halides is 1. The number of rotatable bonds is 5. The Labute approximate surface area is 124 Å². The molecule has 0 aliphatic carbocycles. The number of imidazole rings is 1. The average molecular weight is 291 g/mol. The third kappa shape index (κ3) is 2.95. The van der Waals surface area contributed by atoms with E-state index in [-0.39, 0.29) is 5.38 Å². The van der Waals surface area contributed by atoms with Gasteiger partial charge in [0.05, 0.1) is 16.5 Å². The monoisotopic (exact) mass is 290 g/mol. The first-order valence-electron chi connectivity index (χ1n) is 6.72. The molecule has 2 aromatic rings. The first kappa shape index (κ1) is 14.8. The van der Waals surface area contributed by atoms with Crippen LogP contribution in [0.1, 0.15) is 30.1 Å². The first-order chi connectivity index (χ1) is 9.54. The summed E-state index contributed by atoms with van der Waals surface area (Å²) in [6, 6.07) is 7.89.